The van der Waals surface area contributed by atoms with Crippen molar-refractivity contribution in [3.8, 4) is 0 Å². The van der Waals surface area contributed by atoms with Gasteiger partial charge in [0.1, 0.15) is 0 Å². The minimum Gasteiger partial charge on any atom is -0.347 e. The van der Waals surface area contributed by atoms with E-state index >= 15 is 0 Å². The molecule has 0 atom stereocenters. The van der Waals surface area contributed by atoms with E-state index in [4.69, 9.17) is 0 Å². The zero-order chi connectivity index (χ0) is 17.2. The molecule has 2 nitrogen and oxygen atoms in total. The van der Waals surface area contributed by atoms with Gasteiger partial charge in [0.15, 0.2) is 5.43 Å². The van der Waals surface area contributed by atoms with E-state index in [0.29, 0.717) is 0 Å². The van der Waals surface area contributed by atoms with Gasteiger partial charge in [-0.3, -0.25) is 4.79 Å². The van der Waals surface area contributed by atoms with E-state index in [2.05, 4.69) is 30.7 Å². The molecule has 1 heterocycles. The number of hydrogen-bond acceptors (Lipinski definition) is 1. The average Bonchev–Trinajstić information content (AvgIpc) is 2.60. The van der Waals surface area contributed by atoms with Crippen LogP contribution in [0.2, 0.25) is 0 Å². The molecule has 0 aliphatic carbocycles. The second-order valence-corrected chi connectivity index (χ2v) is 6.64. The number of pyridine rings is 1. The van der Waals surface area contributed by atoms with Crippen molar-refractivity contribution in [2.75, 3.05) is 0 Å². The SMILES string of the molecule is CCCCCC/C=C/CCCCc1cc(=O)c2ccccc2n1C. The Morgan fingerprint density at radius 1 is 0.958 bits per heavy atom. The molecule has 2 rings (SSSR count). The average molecular weight is 325 g/mol. The predicted octanol–water partition coefficient (Wildman–Crippen LogP) is 5.78. The molecule has 1 aromatic carbocycles. The van der Waals surface area contributed by atoms with E-state index in [1.807, 2.05) is 30.3 Å². The molecule has 1 aromatic heterocycles. The van der Waals surface area contributed by atoms with Crippen LogP contribution in [0.3, 0.4) is 0 Å². The van der Waals surface area contributed by atoms with Crippen LogP contribution in [0, 0.1) is 0 Å². The van der Waals surface area contributed by atoms with Crippen LogP contribution in [-0.4, -0.2) is 4.57 Å². The third-order valence-electron chi connectivity index (χ3n) is 4.70. The van der Waals surface area contributed by atoms with Crippen LogP contribution in [0.25, 0.3) is 10.9 Å². The molecule has 0 fully saturated rings. The number of fused-ring (bicyclic) bond motifs is 1. The summed E-state index contributed by atoms with van der Waals surface area (Å²) in [7, 11) is 2.06. The summed E-state index contributed by atoms with van der Waals surface area (Å²) in [4.78, 5) is 12.2. The van der Waals surface area contributed by atoms with Gasteiger partial charge < -0.3 is 4.57 Å². The zero-order valence-electron chi connectivity index (χ0n) is 15.3. The number of para-hydroxylation sites is 1. The Labute approximate surface area is 146 Å². The van der Waals surface area contributed by atoms with Crippen LogP contribution in [0.4, 0.5) is 0 Å². The van der Waals surface area contributed by atoms with E-state index in [1.165, 1.54) is 38.5 Å². The Kier molecular flexibility index (Phi) is 7.81. The van der Waals surface area contributed by atoms with Crippen molar-refractivity contribution in [3.05, 3.63) is 58.4 Å². The molecule has 0 amide bonds. The molecule has 0 spiro atoms. The third-order valence-corrected chi connectivity index (χ3v) is 4.70. The summed E-state index contributed by atoms with van der Waals surface area (Å²) < 4.78 is 2.17. The smallest absolute Gasteiger partial charge is 0.189 e. The highest BCUT2D eigenvalue weighted by atomic mass is 16.1. The molecule has 0 saturated heterocycles. The summed E-state index contributed by atoms with van der Waals surface area (Å²) in [5.74, 6) is 0. The normalized spacial score (nSPS) is 11.6. The summed E-state index contributed by atoms with van der Waals surface area (Å²) >= 11 is 0. The quantitative estimate of drug-likeness (QED) is 0.401. The zero-order valence-corrected chi connectivity index (χ0v) is 15.3. The van der Waals surface area contributed by atoms with Crippen molar-refractivity contribution >= 4 is 10.9 Å². The lowest BCUT2D eigenvalue weighted by molar-refractivity contribution is 0.671. The van der Waals surface area contributed by atoms with Crippen LogP contribution >= 0.6 is 0 Å². The Morgan fingerprint density at radius 3 is 2.42 bits per heavy atom. The summed E-state index contributed by atoms with van der Waals surface area (Å²) in [6.07, 6.45) is 15.7. The van der Waals surface area contributed by atoms with E-state index < -0.39 is 0 Å². The Bertz CT molecular complexity index is 711. The van der Waals surface area contributed by atoms with Gasteiger partial charge in [0.25, 0.3) is 0 Å². The standard InChI is InChI=1S/C22H31NO/c1-3-4-5-6-7-8-9-10-11-12-15-19-18-22(24)20-16-13-14-17-21(20)23(19)2/h8-9,13-14,16-18H,3-7,10-12,15H2,1-2H3/b9-8+. The largest absolute Gasteiger partial charge is 0.347 e. The van der Waals surface area contributed by atoms with Crippen molar-refractivity contribution in [2.24, 2.45) is 7.05 Å². The molecule has 0 aliphatic heterocycles. The molecule has 0 bridgehead atoms. The molecule has 0 radical (unpaired) electrons. The first kappa shape index (κ1) is 18.5. The first-order valence-electron chi connectivity index (χ1n) is 9.46. The Hall–Kier alpha value is -1.83. The maximum atomic E-state index is 12.2. The van der Waals surface area contributed by atoms with Gasteiger partial charge in [-0.2, -0.15) is 0 Å². The first-order valence-corrected chi connectivity index (χ1v) is 9.46. The summed E-state index contributed by atoms with van der Waals surface area (Å²) in [6, 6.07) is 9.68. The molecule has 0 unspecified atom stereocenters. The monoisotopic (exact) mass is 325 g/mol. The lowest BCUT2D eigenvalue weighted by Crippen LogP contribution is -2.11. The molecule has 0 aliphatic rings. The fourth-order valence-corrected chi connectivity index (χ4v) is 3.19. The minimum atomic E-state index is 0.144. The molecule has 0 saturated carbocycles. The molecular formula is C22H31NO. The van der Waals surface area contributed by atoms with Crippen molar-refractivity contribution in [3.63, 3.8) is 0 Å². The van der Waals surface area contributed by atoms with Crippen molar-refractivity contribution in [1.29, 1.82) is 0 Å². The van der Waals surface area contributed by atoms with Crippen LogP contribution in [0.5, 0.6) is 0 Å². The number of unbranched alkanes of at least 4 members (excludes halogenated alkanes) is 6. The second-order valence-electron chi connectivity index (χ2n) is 6.64. The highest BCUT2D eigenvalue weighted by molar-refractivity contribution is 5.79. The maximum absolute atomic E-state index is 12.2. The van der Waals surface area contributed by atoms with Crippen molar-refractivity contribution < 1.29 is 0 Å². The molecule has 24 heavy (non-hydrogen) atoms. The highest BCUT2D eigenvalue weighted by Gasteiger charge is 2.05. The lowest BCUT2D eigenvalue weighted by atomic mass is 10.1. The lowest BCUT2D eigenvalue weighted by Gasteiger charge is -2.12. The molecule has 130 valence electrons. The summed E-state index contributed by atoms with van der Waals surface area (Å²) in [5, 5.41) is 0.815. The number of rotatable bonds is 10. The number of aromatic nitrogens is 1. The highest BCUT2D eigenvalue weighted by Crippen LogP contribution is 2.13. The van der Waals surface area contributed by atoms with Crippen LogP contribution in [0.15, 0.2) is 47.3 Å². The predicted molar refractivity (Wildman–Crippen MR) is 105 cm³/mol. The van der Waals surface area contributed by atoms with Crippen molar-refractivity contribution in [1.82, 2.24) is 4.57 Å². The molecule has 2 aromatic rings. The number of aryl methyl sites for hydroxylation is 2. The van der Waals surface area contributed by atoms with E-state index in [0.717, 1.165) is 35.9 Å². The van der Waals surface area contributed by atoms with Gasteiger partial charge in [0.2, 0.25) is 0 Å². The minimum absolute atomic E-state index is 0.144. The van der Waals surface area contributed by atoms with Gasteiger partial charge in [0.05, 0.1) is 5.52 Å². The fourth-order valence-electron chi connectivity index (χ4n) is 3.19. The van der Waals surface area contributed by atoms with Gasteiger partial charge in [-0.15, -0.1) is 0 Å². The molecule has 0 N–H and O–H groups in total. The van der Waals surface area contributed by atoms with Gasteiger partial charge in [-0.1, -0.05) is 50.5 Å². The van der Waals surface area contributed by atoms with Crippen LogP contribution < -0.4 is 5.43 Å². The third kappa shape index (κ3) is 5.36. The Morgan fingerprint density at radius 2 is 1.67 bits per heavy atom. The van der Waals surface area contributed by atoms with E-state index in [-0.39, 0.29) is 5.43 Å². The topological polar surface area (TPSA) is 22.0 Å². The second kappa shape index (κ2) is 10.1. The van der Waals surface area contributed by atoms with Gasteiger partial charge in [0, 0.05) is 24.2 Å². The van der Waals surface area contributed by atoms with E-state index in [1.54, 1.807) is 0 Å². The van der Waals surface area contributed by atoms with Gasteiger partial charge in [-0.05, 0) is 50.7 Å². The molecule has 2 heteroatoms. The maximum Gasteiger partial charge on any atom is 0.189 e. The van der Waals surface area contributed by atoms with Gasteiger partial charge >= 0.3 is 0 Å². The number of benzene rings is 1. The fraction of sp³-hybridized carbons (Fsp3) is 0.500. The number of allylic oxidation sites excluding steroid dienone is 2. The number of nitrogens with zero attached hydrogens (tertiary/aromatic N) is 1. The Balaban J connectivity index is 1.77. The summed E-state index contributed by atoms with van der Waals surface area (Å²) in [5.41, 5.74) is 2.32. The van der Waals surface area contributed by atoms with E-state index in [9.17, 15) is 4.79 Å². The van der Waals surface area contributed by atoms with Crippen LogP contribution in [-0.2, 0) is 13.5 Å². The van der Waals surface area contributed by atoms with Crippen LogP contribution in [0.1, 0.15) is 64.0 Å². The summed E-state index contributed by atoms with van der Waals surface area (Å²) in [6.45, 7) is 2.25. The molecular weight excluding hydrogens is 294 g/mol. The number of hydrogen-bond donors (Lipinski definition) is 0. The first-order chi connectivity index (χ1) is 11.7. The van der Waals surface area contributed by atoms with Crippen molar-refractivity contribution in [2.45, 2.75) is 64.7 Å². The van der Waals surface area contributed by atoms with Gasteiger partial charge in [-0.25, -0.2) is 0 Å².